The highest BCUT2D eigenvalue weighted by molar-refractivity contribution is 5.38. The van der Waals surface area contributed by atoms with Crippen molar-refractivity contribution < 1.29 is 0 Å². The van der Waals surface area contributed by atoms with Crippen LogP contribution in [0.4, 0.5) is 5.95 Å². The summed E-state index contributed by atoms with van der Waals surface area (Å²) in [5.41, 5.74) is 3.05. The normalized spacial score (nSPS) is 18.7. The molecule has 0 atom stereocenters. The number of aromatic amines is 1. The number of nitrogens with one attached hydrogen (secondary N) is 1. The third-order valence-corrected chi connectivity index (χ3v) is 6.19. The second kappa shape index (κ2) is 6.43. The number of aryl methyl sites for hydroxylation is 1. The fraction of sp³-hybridized carbons (Fsp3) is 0.619. The van der Waals surface area contributed by atoms with Gasteiger partial charge in [0, 0.05) is 41.9 Å². The monoisotopic (exact) mass is 367 g/mol. The lowest BCUT2D eigenvalue weighted by Crippen LogP contribution is -2.43. The molecule has 1 spiro atoms. The fourth-order valence-electron chi connectivity index (χ4n) is 4.32. The molecule has 1 saturated heterocycles. The van der Waals surface area contributed by atoms with Crippen molar-refractivity contribution in [2.45, 2.75) is 70.6 Å². The molecule has 0 bridgehead atoms. The Morgan fingerprint density at radius 3 is 2.41 bits per heavy atom. The van der Waals surface area contributed by atoms with Crippen molar-refractivity contribution >= 4 is 5.95 Å². The third-order valence-electron chi connectivity index (χ3n) is 6.19. The molecule has 6 nitrogen and oxygen atoms in total. The molecule has 27 heavy (non-hydrogen) atoms. The summed E-state index contributed by atoms with van der Waals surface area (Å²) in [5.74, 6) is 1.61. The Bertz CT molecular complexity index is 886. The predicted octanol–water partition coefficient (Wildman–Crippen LogP) is 2.90. The van der Waals surface area contributed by atoms with Crippen LogP contribution < -0.4 is 10.5 Å². The molecule has 6 heteroatoms. The van der Waals surface area contributed by atoms with Crippen LogP contribution >= 0.6 is 0 Å². The van der Waals surface area contributed by atoms with E-state index in [0.29, 0.717) is 0 Å². The Morgan fingerprint density at radius 1 is 1.15 bits per heavy atom. The molecule has 2 aliphatic rings. The van der Waals surface area contributed by atoms with E-state index in [1.54, 1.807) is 0 Å². The number of hydrogen-bond donors (Lipinski definition) is 1. The summed E-state index contributed by atoms with van der Waals surface area (Å²) in [4.78, 5) is 32.0. The first-order valence-electron chi connectivity index (χ1n) is 10.0. The highest BCUT2D eigenvalue weighted by Crippen LogP contribution is 2.44. The van der Waals surface area contributed by atoms with E-state index in [1.807, 2.05) is 12.4 Å². The van der Waals surface area contributed by atoms with E-state index in [1.165, 1.54) is 0 Å². The smallest absolute Gasteiger partial charge is 0.254 e. The van der Waals surface area contributed by atoms with Gasteiger partial charge in [0.2, 0.25) is 5.95 Å². The van der Waals surface area contributed by atoms with Crippen LogP contribution in [0.5, 0.6) is 0 Å². The van der Waals surface area contributed by atoms with Crippen molar-refractivity contribution in [1.82, 2.24) is 19.9 Å². The van der Waals surface area contributed by atoms with Crippen molar-refractivity contribution in [3.63, 3.8) is 0 Å². The van der Waals surface area contributed by atoms with Gasteiger partial charge in [0.25, 0.3) is 5.56 Å². The largest absolute Gasteiger partial charge is 0.341 e. The molecule has 0 amide bonds. The van der Waals surface area contributed by atoms with Crippen molar-refractivity contribution in [3.05, 3.63) is 45.4 Å². The van der Waals surface area contributed by atoms with E-state index < -0.39 is 0 Å². The average Bonchev–Trinajstić information content (AvgIpc) is 3.01. The van der Waals surface area contributed by atoms with Crippen LogP contribution in [-0.4, -0.2) is 33.0 Å². The summed E-state index contributed by atoms with van der Waals surface area (Å²) < 4.78 is 0. The summed E-state index contributed by atoms with van der Waals surface area (Å²) in [6.45, 7) is 10.2. The minimum atomic E-state index is -0.159. The molecule has 2 aromatic rings. The van der Waals surface area contributed by atoms with Gasteiger partial charge in [0.15, 0.2) is 0 Å². The highest BCUT2D eigenvalue weighted by atomic mass is 16.1. The number of hydrogen-bond acceptors (Lipinski definition) is 5. The van der Waals surface area contributed by atoms with Crippen LogP contribution in [0.1, 0.15) is 69.6 Å². The predicted molar refractivity (Wildman–Crippen MR) is 106 cm³/mol. The molecule has 144 valence electrons. The van der Waals surface area contributed by atoms with Gasteiger partial charge in [-0.15, -0.1) is 0 Å². The lowest BCUT2D eigenvalue weighted by Gasteiger charge is -2.39. The number of rotatable bonds is 2. The molecule has 1 aliphatic carbocycles. The Balaban J connectivity index is 1.59. The summed E-state index contributed by atoms with van der Waals surface area (Å²) in [6, 6.07) is 0. The Hall–Kier alpha value is -2.24. The van der Waals surface area contributed by atoms with Gasteiger partial charge in [-0.05, 0) is 37.7 Å². The maximum absolute atomic E-state index is 12.6. The second-order valence-corrected chi connectivity index (χ2v) is 9.00. The average molecular weight is 367 g/mol. The van der Waals surface area contributed by atoms with E-state index in [-0.39, 0.29) is 16.4 Å². The van der Waals surface area contributed by atoms with Crippen molar-refractivity contribution in [2.75, 3.05) is 18.0 Å². The fourth-order valence-corrected chi connectivity index (χ4v) is 4.32. The number of nitrogens with zero attached hydrogens (tertiary/aromatic N) is 4. The van der Waals surface area contributed by atoms with E-state index >= 15 is 0 Å². The molecular weight excluding hydrogens is 338 g/mol. The van der Waals surface area contributed by atoms with Crippen LogP contribution in [-0.2, 0) is 23.7 Å². The standard InChI is InChI=1S/C21H29N5O/c1-5-14-12-22-19(23-13-14)26-10-8-21(9-11-26)7-6-15-16(21)24-18(20(2,3)4)25-17(15)27/h12-13H,5-11H2,1-4H3,(H,24,25,27). The Labute approximate surface area is 160 Å². The molecule has 0 saturated carbocycles. The van der Waals surface area contributed by atoms with Crippen LogP contribution in [0.15, 0.2) is 17.2 Å². The molecule has 3 heterocycles. The van der Waals surface area contributed by atoms with Gasteiger partial charge in [-0.1, -0.05) is 27.7 Å². The van der Waals surface area contributed by atoms with Crippen LogP contribution in [0.2, 0.25) is 0 Å². The van der Waals surface area contributed by atoms with Gasteiger partial charge >= 0.3 is 0 Å². The van der Waals surface area contributed by atoms with E-state index in [4.69, 9.17) is 4.98 Å². The van der Waals surface area contributed by atoms with Gasteiger partial charge in [-0.3, -0.25) is 4.79 Å². The number of aromatic nitrogens is 4. The molecule has 1 fully saturated rings. The van der Waals surface area contributed by atoms with Crippen molar-refractivity contribution in [2.24, 2.45) is 0 Å². The Morgan fingerprint density at radius 2 is 1.81 bits per heavy atom. The third kappa shape index (κ3) is 3.15. The van der Waals surface area contributed by atoms with Gasteiger partial charge < -0.3 is 9.88 Å². The molecule has 1 aliphatic heterocycles. The first kappa shape index (κ1) is 18.1. The second-order valence-electron chi connectivity index (χ2n) is 9.00. The van der Waals surface area contributed by atoms with Crippen LogP contribution in [0, 0.1) is 0 Å². The maximum atomic E-state index is 12.6. The SMILES string of the molecule is CCc1cnc(N2CCC3(CCc4c3nc(C(C)(C)C)[nH]c4=O)CC2)nc1. The summed E-state index contributed by atoms with van der Waals surface area (Å²) in [6.07, 6.45) is 8.66. The molecule has 4 rings (SSSR count). The number of H-pyrrole nitrogens is 1. The van der Waals surface area contributed by atoms with Crippen LogP contribution in [0.3, 0.4) is 0 Å². The summed E-state index contributed by atoms with van der Waals surface area (Å²) >= 11 is 0. The Kier molecular flexibility index (Phi) is 4.32. The lowest BCUT2D eigenvalue weighted by molar-refractivity contribution is 0.319. The first-order valence-corrected chi connectivity index (χ1v) is 10.0. The zero-order valence-electron chi connectivity index (χ0n) is 16.8. The zero-order chi connectivity index (χ0) is 19.2. The minimum Gasteiger partial charge on any atom is -0.341 e. The quantitative estimate of drug-likeness (QED) is 0.883. The van der Waals surface area contributed by atoms with Gasteiger partial charge in [-0.2, -0.15) is 0 Å². The molecule has 0 unspecified atom stereocenters. The summed E-state index contributed by atoms with van der Waals surface area (Å²) in [5, 5.41) is 0. The topological polar surface area (TPSA) is 74.8 Å². The molecule has 0 radical (unpaired) electrons. The van der Waals surface area contributed by atoms with Crippen molar-refractivity contribution in [1.29, 1.82) is 0 Å². The zero-order valence-corrected chi connectivity index (χ0v) is 16.8. The van der Waals surface area contributed by atoms with Gasteiger partial charge in [-0.25, -0.2) is 15.0 Å². The van der Waals surface area contributed by atoms with E-state index in [9.17, 15) is 4.79 Å². The van der Waals surface area contributed by atoms with E-state index in [2.05, 4.69) is 47.5 Å². The van der Waals surface area contributed by atoms with Gasteiger partial charge in [0.05, 0.1) is 5.69 Å². The van der Waals surface area contributed by atoms with Gasteiger partial charge in [0.1, 0.15) is 5.82 Å². The molecule has 0 aromatic carbocycles. The molecule has 2 aromatic heterocycles. The minimum absolute atomic E-state index is 0.0312. The first-order chi connectivity index (χ1) is 12.8. The number of piperidine rings is 1. The number of anilines is 1. The van der Waals surface area contributed by atoms with E-state index in [0.717, 1.165) is 73.8 Å². The summed E-state index contributed by atoms with van der Waals surface area (Å²) in [7, 11) is 0. The van der Waals surface area contributed by atoms with Crippen LogP contribution in [0.25, 0.3) is 0 Å². The van der Waals surface area contributed by atoms with Crippen molar-refractivity contribution in [3.8, 4) is 0 Å². The number of fused-ring (bicyclic) bond motifs is 2. The molecule has 1 N–H and O–H groups in total. The molecular formula is C21H29N5O. The lowest BCUT2D eigenvalue weighted by atomic mass is 9.76. The highest BCUT2D eigenvalue weighted by Gasteiger charge is 2.44. The maximum Gasteiger partial charge on any atom is 0.254 e.